The number of nitrogens with zero attached hydrogens (tertiary/aromatic N) is 2. The summed E-state index contributed by atoms with van der Waals surface area (Å²) >= 11 is 0. The fraction of sp³-hybridized carbons (Fsp3) is 0.650. The van der Waals surface area contributed by atoms with E-state index in [-0.39, 0.29) is 16.7 Å². The number of amides is 1. The van der Waals surface area contributed by atoms with Crippen molar-refractivity contribution in [1.29, 1.82) is 0 Å². The summed E-state index contributed by atoms with van der Waals surface area (Å²) in [7, 11) is -3.70. The van der Waals surface area contributed by atoms with Crippen LogP contribution >= 0.6 is 0 Å². The molecule has 1 aromatic carbocycles. The van der Waals surface area contributed by atoms with Crippen molar-refractivity contribution in [2.75, 3.05) is 62.8 Å². The van der Waals surface area contributed by atoms with Crippen molar-refractivity contribution in [2.24, 2.45) is 5.92 Å². The lowest BCUT2D eigenvalue weighted by Gasteiger charge is -2.33. The highest BCUT2D eigenvalue weighted by atomic mass is 32.2. The van der Waals surface area contributed by atoms with E-state index in [1.165, 1.54) is 4.31 Å². The summed E-state index contributed by atoms with van der Waals surface area (Å²) in [6.07, 6.45) is 3.95. The summed E-state index contributed by atoms with van der Waals surface area (Å²) in [5.74, 6) is 0.00423. The van der Waals surface area contributed by atoms with Gasteiger partial charge in [-0.1, -0.05) is 12.8 Å². The smallest absolute Gasteiger partial charge is 0.245 e. The van der Waals surface area contributed by atoms with Crippen LogP contribution in [0.25, 0.3) is 0 Å². The Labute approximate surface area is 172 Å². The normalized spacial score (nSPS) is 22.0. The molecule has 9 heteroatoms. The molecule has 2 saturated heterocycles. The van der Waals surface area contributed by atoms with E-state index < -0.39 is 10.0 Å². The molecule has 1 amide bonds. The Hall–Kier alpha value is -1.68. The highest BCUT2D eigenvalue weighted by molar-refractivity contribution is 7.89. The van der Waals surface area contributed by atoms with Crippen molar-refractivity contribution in [2.45, 2.75) is 30.6 Å². The SMILES string of the molecule is O=C(Nc1ccc(N2CCOCC2)c(S(=O)(=O)N2CCOCC2)c1)C1CCCC1. The van der Waals surface area contributed by atoms with Crippen molar-refractivity contribution >= 4 is 27.3 Å². The maximum Gasteiger partial charge on any atom is 0.245 e. The number of rotatable bonds is 5. The lowest BCUT2D eigenvalue weighted by atomic mass is 10.1. The molecule has 8 nitrogen and oxygen atoms in total. The number of carbonyl (C=O) groups is 1. The van der Waals surface area contributed by atoms with Crippen LogP contribution in [-0.2, 0) is 24.3 Å². The molecular weight excluding hydrogens is 394 g/mol. The molecular formula is C20H29N3O5S. The first kappa shape index (κ1) is 20.6. The highest BCUT2D eigenvalue weighted by Crippen LogP contribution is 2.33. The van der Waals surface area contributed by atoms with Crippen LogP contribution in [0.4, 0.5) is 11.4 Å². The minimum absolute atomic E-state index is 0.0173. The molecule has 160 valence electrons. The van der Waals surface area contributed by atoms with Crippen LogP contribution < -0.4 is 10.2 Å². The molecule has 1 aliphatic carbocycles. The van der Waals surface area contributed by atoms with E-state index in [1.807, 2.05) is 11.0 Å². The Bertz CT molecular complexity index is 827. The van der Waals surface area contributed by atoms with Crippen LogP contribution in [0.5, 0.6) is 0 Å². The molecule has 1 saturated carbocycles. The second-order valence-corrected chi connectivity index (χ2v) is 9.68. The number of ether oxygens (including phenoxy) is 2. The van der Waals surface area contributed by atoms with Gasteiger partial charge in [0.2, 0.25) is 15.9 Å². The highest BCUT2D eigenvalue weighted by Gasteiger charge is 2.31. The summed E-state index contributed by atoms with van der Waals surface area (Å²) in [6.45, 7) is 3.87. The molecule has 0 radical (unpaired) electrons. The lowest BCUT2D eigenvalue weighted by Crippen LogP contribution is -2.42. The maximum atomic E-state index is 13.4. The zero-order valence-corrected chi connectivity index (χ0v) is 17.5. The minimum atomic E-state index is -3.70. The molecule has 1 aromatic rings. The molecule has 1 N–H and O–H groups in total. The van der Waals surface area contributed by atoms with E-state index in [9.17, 15) is 13.2 Å². The molecule has 29 heavy (non-hydrogen) atoms. The summed E-state index contributed by atoms with van der Waals surface area (Å²) in [5.41, 5.74) is 1.20. The van der Waals surface area contributed by atoms with E-state index in [0.29, 0.717) is 64.0 Å². The lowest BCUT2D eigenvalue weighted by molar-refractivity contribution is -0.119. The first-order chi connectivity index (χ1) is 14.1. The van der Waals surface area contributed by atoms with Gasteiger partial charge < -0.3 is 19.7 Å². The monoisotopic (exact) mass is 423 g/mol. The fourth-order valence-corrected chi connectivity index (χ4v) is 5.87. The van der Waals surface area contributed by atoms with E-state index in [2.05, 4.69) is 5.32 Å². The summed E-state index contributed by atoms with van der Waals surface area (Å²) in [6, 6.07) is 5.22. The van der Waals surface area contributed by atoms with Gasteiger partial charge in [-0.3, -0.25) is 4.79 Å². The van der Waals surface area contributed by atoms with Gasteiger partial charge in [0.05, 0.1) is 32.1 Å². The molecule has 2 aliphatic heterocycles. The average Bonchev–Trinajstić information content (AvgIpc) is 3.30. The second-order valence-electron chi connectivity index (χ2n) is 7.77. The Morgan fingerprint density at radius 3 is 2.24 bits per heavy atom. The van der Waals surface area contributed by atoms with E-state index in [0.717, 1.165) is 25.7 Å². The Morgan fingerprint density at radius 1 is 0.966 bits per heavy atom. The predicted molar refractivity (Wildman–Crippen MR) is 110 cm³/mol. The van der Waals surface area contributed by atoms with Gasteiger partial charge in [-0.25, -0.2) is 8.42 Å². The molecule has 3 fully saturated rings. The zero-order chi connectivity index (χ0) is 20.3. The second kappa shape index (κ2) is 8.99. The third-order valence-electron chi connectivity index (χ3n) is 5.89. The largest absolute Gasteiger partial charge is 0.379 e. The minimum Gasteiger partial charge on any atom is -0.379 e. The van der Waals surface area contributed by atoms with Crippen LogP contribution in [0, 0.1) is 5.92 Å². The topological polar surface area (TPSA) is 88.2 Å². The fourth-order valence-electron chi connectivity index (χ4n) is 4.22. The number of sulfonamides is 1. The van der Waals surface area contributed by atoms with Gasteiger partial charge >= 0.3 is 0 Å². The van der Waals surface area contributed by atoms with Gasteiger partial charge in [-0.2, -0.15) is 4.31 Å². The molecule has 2 heterocycles. The van der Waals surface area contributed by atoms with Gasteiger partial charge in [-0.05, 0) is 31.0 Å². The van der Waals surface area contributed by atoms with Crippen LogP contribution in [0.1, 0.15) is 25.7 Å². The van der Waals surface area contributed by atoms with Crippen molar-refractivity contribution < 1.29 is 22.7 Å². The zero-order valence-electron chi connectivity index (χ0n) is 16.6. The number of benzene rings is 1. The maximum absolute atomic E-state index is 13.4. The van der Waals surface area contributed by atoms with Gasteiger partial charge in [-0.15, -0.1) is 0 Å². The van der Waals surface area contributed by atoms with Gasteiger partial charge in [0.1, 0.15) is 4.90 Å². The van der Waals surface area contributed by atoms with E-state index >= 15 is 0 Å². The standard InChI is InChI=1S/C20H29N3O5S/c24-20(16-3-1-2-4-16)21-17-5-6-18(22-7-11-27-12-8-22)19(15-17)29(25,26)23-9-13-28-14-10-23/h5-6,15-16H,1-4,7-14H2,(H,21,24). The molecule has 3 aliphatic rings. The Morgan fingerprint density at radius 2 is 1.59 bits per heavy atom. The van der Waals surface area contributed by atoms with Crippen LogP contribution in [0.2, 0.25) is 0 Å². The third-order valence-corrected chi connectivity index (χ3v) is 7.82. The van der Waals surface area contributed by atoms with Crippen molar-refractivity contribution in [1.82, 2.24) is 4.31 Å². The van der Waals surface area contributed by atoms with Crippen molar-refractivity contribution in [3.05, 3.63) is 18.2 Å². The molecule has 0 spiro atoms. The number of morpholine rings is 2. The number of nitrogens with one attached hydrogen (secondary N) is 1. The van der Waals surface area contributed by atoms with Gasteiger partial charge in [0.15, 0.2) is 0 Å². The van der Waals surface area contributed by atoms with Crippen molar-refractivity contribution in [3.8, 4) is 0 Å². The molecule has 0 unspecified atom stereocenters. The average molecular weight is 424 g/mol. The first-order valence-corrected chi connectivity index (χ1v) is 11.9. The third kappa shape index (κ3) is 4.58. The Balaban J connectivity index is 1.65. The molecule has 0 aromatic heterocycles. The molecule has 4 rings (SSSR count). The molecule has 0 bridgehead atoms. The number of anilines is 2. The number of hydrogen-bond acceptors (Lipinski definition) is 6. The van der Waals surface area contributed by atoms with Gasteiger partial charge in [0, 0.05) is 37.8 Å². The Kier molecular flexibility index (Phi) is 6.38. The van der Waals surface area contributed by atoms with Crippen LogP contribution in [-0.4, -0.2) is 71.2 Å². The predicted octanol–water partition coefficient (Wildman–Crippen LogP) is 1.67. The summed E-state index contributed by atoms with van der Waals surface area (Å²) in [5, 5.41) is 2.94. The summed E-state index contributed by atoms with van der Waals surface area (Å²) < 4.78 is 39.1. The van der Waals surface area contributed by atoms with Crippen LogP contribution in [0.15, 0.2) is 23.1 Å². The van der Waals surface area contributed by atoms with E-state index in [4.69, 9.17) is 9.47 Å². The van der Waals surface area contributed by atoms with E-state index in [1.54, 1.807) is 12.1 Å². The first-order valence-electron chi connectivity index (χ1n) is 10.4. The molecule has 0 atom stereocenters. The summed E-state index contributed by atoms with van der Waals surface area (Å²) in [4.78, 5) is 14.8. The number of carbonyl (C=O) groups excluding carboxylic acids is 1. The van der Waals surface area contributed by atoms with Crippen LogP contribution in [0.3, 0.4) is 0 Å². The van der Waals surface area contributed by atoms with Gasteiger partial charge in [0.25, 0.3) is 0 Å². The quantitative estimate of drug-likeness (QED) is 0.775. The number of hydrogen-bond donors (Lipinski definition) is 1. The van der Waals surface area contributed by atoms with Crippen molar-refractivity contribution in [3.63, 3.8) is 0 Å².